The van der Waals surface area contributed by atoms with E-state index in [1.54, 1.807) is 24.3 Å². The summed E-state index contributed by atoms with van der Waals surface area (Å²) in [7, 11) is -4.15. The highest BCUT2D eigenvalue weighted by Crippen LogP contribution is 2.25. The highest BCUT2D eigenvalue weighted by atomic mass is 35.5. The molecule has 2 N–H and O–H groups in total. The van der Waals surface area contributed by atoms with Gasteiger partial charge in [-0.25, -0.2) is 8.42 Å². The summed E-state index contributed by atoms with van der Waals surface area (Å²) in [5.74, 6) is -0.332. The summed E-state index contributed by atoms with van der Waals surface area (Å²) in [4.78, 5) is 12.0. The summed E-state index contributed by atoms with van der Waals surface area (Å²) in [5, 5.41) is 10.0. The minimum absolute atomic E-state index is 0.0405. The molecular weight excluding hydrogens is 429 g/mol. The molecule has 0 amide bonds. The number of para-hydroxylation sites is 1. The molecule has 0 bridgehead atoms. The fourth-order valence-corrected chi connectivity index (χ4v) is 3.78. The molecule has 2 aromatic carbocycles. The van der Waals surface area contributed by atoms with Crippen LogP contribution in [-0.4, -0.2) is 44.9 Å². The number of carbonyl (C=O) groups excluding carboxylic acids is 1. The van der Waals surface area contributed by atoms with Gasteiger partial charge < -0.3 is 14.6 Å². The number of benzene rings is 2. The highest BCUT2D eigenvalue weighted by Gasteiger charge is 2.31. The topological polar surface area (TPSA) is 102 Å². The van der Waals surface area contributed by atoms with E-state index in [4.69, 9.17) is 32.7 Å². The zero-order valence-electron chi connectivity index (χ0n) is 14.8. The van der Waals surface area contributed by atoms with Crippen LogP contribution in [0.1, 0.15) is 6.92 Å². The largest absolute Gasteiger partial charge is 0.490 e. The number of carbonyl (C=O) groups is 1. The van der Waals surface area contributed by atoms with E-state index in [0.717, 1.165) is 6.07 Å². The fraction of sp³-hybridized carbons (Fsp3) is 0.278. The van der Waals surface area contributed by atoms with E-state index in [1.165, 1.54) is 19.1 Å². The maximum atomic E-state index is 12.5. The van der Waals surface area contributed by atoms with Crippen molar-refractivity contribution in [3.63, 3.8) is 0 Å². The van der Waals surface area contributed by atoms with Gasteiger partial charge in [0.1, 0.15) is 25.0 Å². The summed E-state index contributed by atoms with van der Waals surface area (Å²) in [6.07, 6.45) is -1.33. The number of aliphatic hydroxyl groups is 1. The van der Waals surface area contributed by atoms with Crippen molar-refractivity contribution >= 4 is 39.2 Å². The van der Waals surface area contributed by atoms with Gasteiger partial charge in [0, 0.05) is 0 Å². The number of aliphatic hydroxyl groups excluding tert-OH is 1. The first kappa shape index (κ1) is 22.4. The molecular formula is C18H19Cl2NO6S. The Morgan fingerprint density at radius 2 is 1.79 bits per heavy atom. The van der Waals surface area contributed by atoms with Crippen LogP contribution in [0.3, 0.4) is 0 Å². The number of hydrogen-bond acceptors (Lipinski definition) is 6. The number of rotatable bonds is 9. The standard InChI is InChI=1S/C18H19Cl2NO6S/c1-12(22)17(18(23)27-10-9-26-13-5-3-2-4-6-13)21-28(24,25)14-7-8-15(19)16(20)11-14/h2-8,11-12,17,21-22H,9-10H2,1H3. The molecule has 28 heavy (non-hydrogen) atoms. The number of nitrogens with one attached hydrogen (secondary N) is 1. The van der Waals surface area contributed by atoms with Crippen molar-refractivity contribution < 1.29 is 27.8 Å². The van der Waals surface area contributed by atoms with Crippen molar-refractivity contribution in [1.29, 1.82) is 0 Å². The number of esters is 1. The van der Waals surface area contributed by atoms with Crippen LogP contribution in [0.15, 0.2) is 53.4 Å². The fourth-order valence-electron chi connectivity index (χ4n) is 2.13. The van der Waals surface area contributed by atoms with Crippen LogP contribution in [0.5, 0.6) is 5.75 Å². The molecule has 0 fully saturated rings. The molecule has 0 radical (unpaired) electrons. The molecule has 0 aliphatic rings. The third kappa shape index (κ3) is 6.35. The van der Waals surface area contributed by atoms with Gasteiger partial charge in [0.2, 0.25) is 10.0 Å². The third-order valence-electron chi connectivity index (χ3n) is 3.56. The number of sulfonamides is 1. The molecule has 0 saturated carbocycles. The van der Waals surface area contributed by atoms with E-state index < -0.39 is 28.1 Å². The zero-order valence-corrected chi connectivity index (χ0v) is 17.2. The van der Waals surface area contributed by atoms with Gasteiger partial charge in [-0.15, -0.1) is 0 Å². The maximum Gasteiger partial charge on any atom is 0.326 e. The average molecular weight is 448 g/mol. The van der Waals surface area contributed by atoms with Crippen molar-refractivity contribution in [2.24, 2.45) is 0 Å². The average Bonchev–Trinajstić information content (AvgIpc) is 2.66. The van der Waals surface area contributed by atoms with E-state index in [9.17, 15) is 18.3 Å². The Morgan fingerprint density at radius 1 is 1.11 bits per heavy atom. The van der Waals surface area contributed by atoms with Gasteiger partial charge in [-0.05, 0) is 37.3 Å². The van der Waals surface area contributed by atoms with Crippen molar-refractivity contribution in [1.82, 2.24) is 4.72 Å². The van der Waals surface area contributed by atoms with Crippen LogP contribution in [0.2, 0.25) is 10.0 Å². The summed E-state index contributed by atoms with van der Waals surface area (Å²) in [6.45, 7) is 1.22. The Bertz CT molecular complexity index is 906. The summed E-state index contributed by atoms with van der Waals surface area (Å²) in [6, 6.07) is 11.1. The van der Waals surface area contributed by atoms with Gasteiger partial charge in [0.05, 0.1) is 21.0 Å². The summed E-state index contributed by atoms with van der Waals surface area (Å²) >= 11 is 11.6. The number of hydrogen-bond donors (Lipinski definition) is 2. The molecule has 0 aromatic heterocycles. The van der Waals surface area contributed by atoms with Gasteiger partial charge >= 0.3 is 5.97 Å². The van der Waals surface area contributed by atoms with E-state index in [1.807, 2.05) is 6.07 Å². The lowest BCUT2D eigenvalue weighted by Gasteiger charge is -2.20. The van der Waals surface area contributed by atoms with Crippen molar-refractivity contribution in [3.8, 4) is 5.75 Å². The molecule has 152 valence electrons. The lowest BCUT2D eigenvalue weighted by atomic mass is 10.2. The predicted octanol–water partition coefficient (Wildman–Crippen LogP) is 2.64. The Hall–Kier alpha value is -1.84. The van der Waals surface area contributed by atoms with Gasteiger partial charge in [-0.1, -0.05) is 41.4 Å². The lowest BCUT2D eigenvalue weighted by molar-refractivity contribution is -0.149. The second-order valence-corrected chi connectivity index (χ2v) is 8.27. The zero-order chi connectivity index (χ0) is 20.7. The maximum absolute atomic E-state index is 12.5. The molecule has 2 aromatic rings. The Labute approximate surface area is 173 Å². The van der Waals surface area contributed by atoms with Gasteiger partial charge in [0.15, 0.2) is 0 Å². The van der Waals surface area contributed by atoms with Crippen molar-refractivity contribution in [2.75, 3.05) is 13.2 Å². The quantitative estimate of drug-likeness (QED) is 0.452. The Balaban J connectivity index is 1.97. The lowest BCUT2D eigenvalue weighted by Crippen LogP contribution is -2.48. The molecule has 0 aliphatic carbocycles. The predicted molar refractivity (Wildman–Crippen MR) is 105 cm³/mol. The van der Waals surface area contributed by atoms with E-state index >= 15 is 0 Å². The van der Waals surface area contributed by atoms with Crippen LogP contribution < -0.4 is 9.46 Å². The number of halogens is 2. The normalized spacial score (nSPS) is 13.6. The summed E-state index contributed by atoms with van der Waals surface area (Å²) < 4.78 is 37.5. The van der Waals surface area contributed by atoms with E-state index in [-0.39, 0.29) is 28.2 Å². The molecule has 10 heteroatoms. The molecule has 7 nitrogen and oxygen atoms in total. The second kappa shape index (κ2) is 10.1. The van der Waals surface area contributed by atoms with Crippen LogP contribution in [0.4, 0.5) is 0 Å². The van der Waals surface area contributed by atoms with Crippen LogP contribution in [0, 0.1) is 0 Å². The third-order valence-corrected chi connectivity index (χ3v) is 5.74. The monoisotopic (exact) mass is 447 g/mol. The highest BCUT2D eigenvalue weighted by molar-refractivity contribution is 7.89. The molecule has 0 heterocycles. The summed E-state index contributed by atoms with van der Waals surface area (Å²) in [5.41, 5.74) is 0. The molecule has 0 spiro atoms. The first-order chi connectivity index (χ1) is 13.2. The minimum atomic E-state index is -4.15. The van der Waals surface area contributed by atoms with Gasteiger partial charge in [0.25, 0.3) is 0 Å². The molecule has 0 saturated heterocycles. The van der Waals surface area contributed by atoms with Gasteiger partial charge in [-0.3, -0.25) is 4.79 Å². The van der Waals surface area contributed by atoms with E-state index in [2.05, 4.69) is 4.72 Å². The molecule has 0 aliphatic heterocycles. The minimum Gasteiger partial charge on any atom is -0.490 e. The van der Waals surface area contributed by atoms with Crippen LogP contribution in [-0.2, 0) is 19.6 Å². The smallest absolute Gasteiger partial charge is 0.326 e. The Morgan fingerprint density at radius 3 is 2.39 bits per heavy atom. The Kier molecular flexibility index (Phi) is 8.09. The van der Waals surface area contributed by atoms with Crippen LogP contribution >= 0.6 is 23.2 Å². The first-order valence-corrected chi connectivity index (χ1v) is 10.4. The van der Waals surface area contributed by atoms with Crippen molar-refractivity contribution in [2.45, 2.75) is 24.0 Å². The molecule has 2 rings (SSSR count). The van der Waals surface area contributed by atoms with Gasteiger partial charge in [-0.2, -0.15) is 4.72 Å². The van der Waals surface area contributed by atoms with Crippen molar-refractivity contribution in [3.05, 3.63) is 58.6 Å². The number of ether oxygens (including phenoxy) is 2. The molecule has 2 unspecified atom stereocenters. The first-order valence-electron chi connectivity index (χ1n) is 8.20. The SMILES string of the molecule is CC(O)C(NS(=O)(=O)c1ccc(Cl)c(Cl)c1)C(=O)OCCOc1ccccc1. The molecule has 2 atom stereocenters. The second-order valence-electron chi connectivity index (χ2n) is 5.74. The van der Waals surface area contributed by atoms with E-state index in [0.29, 0.717) is 5.75 Å². The van der Waals surface area contributed by atoms with Crippen LogP contribution in [0.25, 0.3) is 0 Å².